The summed E-state index contributed by atoms with van der Waals surface area (Å²) < 4.78 is 10.7. The SMILES string of the molecule is CCOc1ccc(C=NNC(=O)c2ccc(C)cc2Cl)cc1OC. The number of ether oxygens (including phenoxy) is 2. The number of halogens is 1. The summed E-state index contributed by atoms with van der Waals surface area (Å²) in [5.41, 5.74) is 4.59. The lowest BCUT2D eigenvalue weighted by molar-refractivity contribution is 0.0955. The number of rotatable bonds is 6. The maximum Gasteiger partial charge on any atom is 0.272 e. The number of hydrogen-bond acceptors (Lipinski definition) is 4. The largest absolute Gasteiger partial charge is 0.493 e. The Kier molecular flexibility index (Phi) is 6.21. The molecule has 24 heavy (non-hydrogen) atoms. The zero-order chi connectivity index (χ0) is 17.5. The average molecular weight is 347 g/mol. The summed E-state index contributed by atoms with van der Waals surface area (Å²) in [6.07, 6.45) is 1.53. The van der Waals surface area contributed by atoms with Crippen LogP contribution in [-0.4, -0.2) is 25.8 Å². The van der Waals surface area contributed by atoms with Crippen molar-refractivity contribution in [1.82, 2.24) is 5.43 Å². The molecule has 0 spiro atoms. The maximum absolute atomic E-state index is 12.1. The molecule has 6 heteroatoms. The van der Waals surface area contributed by atoms with Crippen molar-refractivity contribution in [2.75, 3.05) is 13.7 Å². The van der Waals surface area contributed by atoms with E-state index >= 15 is 0 Å². The van der Waals surface area contributed by atoms with E-state index in [1.165, 1.54) is 6.21 Å². The second-order valence-electron chi connectivity index (χ2n) is 5.03. The number of carbonyl (C=O) groups is 1. The van der Waals surface area contributed by atoms with Crippen LogP contribution in [0, 0.1) is 6.92 Å². The molecule has 0 aromatic heterocycles. The minimum Gasteiger partial charge on any atom is -0.493 e. The topological polar surface area (TPSA) is 59.9 Å². The first-order valence-corrected chi connectivity index (χ1v) is 7.83. The van der Waals surface area contributed by atoms with Crippen molar-refractivity contribution in [3.8, 4) is 11.5 Å². The van der Waals surface area contributed by atoms with Crippen molar-refractivity contribution in [2.45, 2.75) is 13.8 Å². The number of nitrogens with zero attached hydrogens (tertiary/aromatic N) is 1. The third-order valence-electron chi connectivity index (χ3n) is 3.24. The van der Waals surface area contributed by atoms with Gasteiger partial charge in [-0.15, -0.1) is 0 Å². The van der Waals surface area contributed by atoms with Gasteiger partial charge in [-0.25, -0.2) is 5.43 Å². The molecule has 0 heterocycles. The highest BCUT2D eigenvalue weighted by Crippen LogP contribution is 2.27. The van der Waals surface area contributed by atoms with E-state index in [4.69, 9.17) is 21.1 Å². The number of methoxy groups -OCH3 is 1. The van der Waals surface area contributed by atoms with Gasteiger partial charge in [0.05, 0.1) is 30.5 Å². The van der Waals surface area contributed by atoms with E-state index in [0.717, 1.165) is 11.1 Å². The fourth-order valence-corrected chi connectivity index (χ4v) is 2.39. The third-order valence-corrected chi connectivity index (χ3v) is 3.55. The summed E-state index contributed by atoms with van der Waals surface area (Å²) in [6, 6.07) is 10.6. The molecule has 1 amide bonds. The van der Waals surface area contributed by atoms with Crippen molar-refractivity contribution in [3.05, 3.63) is 58.1 Å². The number of benzene rings is 2. The zero-order valence-electron chi connectivity index (χ0n) is 13.8. The highest BCUT2D eigenvalue weighted by molar-refractivity contribution is 6.33. The van der Waals surface area contributed by atoms with E-state index in [9.17, 15) is 4.79 Å². The highest BCUT2D eigenvalue weighted by Gasteiger charge is 2.09. The van der Waals surface area contributed by atoms with Crippen molar-refractivity contribution < 1.29 is 14.3 Å². The first kappa shape index (κ1) is 17.8. The number of carbonyl (C=O) groups excluding carboxylic acids is 1. The van der Waals surface area contributed by atoms with Crippen LogP contribution in [0.4, 0.5) is 0 Å². The summed E-state index contributed by atoms with van der Waals surface area (Å²) in [5, 5.41) is 4.35. The quantitative estimate of drug-likeness (QED) is 0.639. The maximum atomic E-state index is 12.1. The van der Waals surface area contributed by atoms with Crippen LogP contribution in [0.5, 0.6) is 11.5 Å². The Balaban J connectivity index is 2.07. The monoisotopic (exact) mass is 346 g/mol. The van der Waals surface area contributed by atoms with Gasteiger partial charge in [-0.3, -0.25) is 4.79 Å². The minimum absolute atomic E-state index is 0.367. The summed E-state index contributed by atoms with van der Waals surface area (Å²) in [5.74, 6) is 0.899. The molecule has 2 rings (SSSR count). The standard InChI is InChI=1S/C18H19ClN2O3/c1-4-24-16-8-6-13(10-17(16)23-3)11-20-21-18(22)14-7-5-12(2)9-15(14)19/h5-11H,4H2,1-3H3,(H,21,22). The Bertz CT molecular complexity index is 760. The second-order valence-corrected chi connectivity index (χ2v) is 5.43. The molecule has 0 fully saturated rings. The Morgan fingerprint density at radius 1 is 1.25 bits per heavy atom. The molecule has 0 aliphatic carbocycles. The van der Waals surface area contributed by atoms with Gasteiger partial charge in [-0.1, -0.05) is 17.7 Å². The van der Waals surface area contributed by atoms with Gasteiger partial charge in [-0.2, -0.15) is 5.10 Å². The van der Waals surface area contributed by atoms with Crippen LogP contribution in [0.15, 0.2) is 41.5 Å². The van der Waals surface area contributed by atoms with Crippen LogP contribution in [-0.2, 0) is 0 Å². The van der Waals surface area contributed by atoms with Crippen LogP contribution in [0.1, 0.15) is 28.4 Å². The van der Waals surface area contributed by atoms with E-state index in [-0.39, 0.29) is 5.91 Å². The van der Waals surface area contributed by atoms with Crippen molar-refractivity contribution in [1.29, 1.82) is 0 Å². The van der Waals surface area contributed by atoms with Crippen LogP contribution >= 0.6 is 11.6 Å². The predicted octanol–water partition coefficient (Wildman–Crippen LogP) is 3.82. The zero-order valence-corrected chi connectivity index (χ0v) is 14.6. The Morgan fingerprint density at radius 3 is 2.71 bits per heavy atom. The second kappa shape index (κ2) is 8.36. The average Bonchev–Trinajstić information content (AvgIpc) is 2.56. The smallest absolute Gasteiger partial charge is 0.272 e. The van der Waals surface area contributed by atoms with E-state index in [1.54, 1.807) is 31.4 Å². The van der Waals surface area contributed by atoms with Crippen LogP contribution in [0.2, 0.25) is 5.02 Å². The van der Waals surface area contributed by atoms with Crippen molar-refractivity contribution in [2.24, 2.45) is 5.10 Å². The number of aryl methyl sites for hydroxylation is 1. The lowest BCUT2D eigenvalue weighted by Gasteiger charge is -2.09. The molecular formula is C18H19ClN2O3. The van der Waals surface area contributed by atoms with Gasteiger partial charge in [0.15, 0.2) is 11.5 Å². The van der Waals surface area contributed by atoms with E-state index in [2.05, 4.69) is 10.5 Å². The molecule has 2 aromatic carbocycles. The molecule has 126 valence electrons. The van der Waals surface area contributed by atoms with Gasteiger partial charge in [-0.05, 0) is 55.3 Å². The molecule has 2 aromatic rings. The molecule has 0 unspecified atom stereocenters. The van der Waals surface area contributed by atoms with E-state index < -0.39 is 0 Å². The number of amides is 1. The summed E-state index contributed by atoms with van der Waals surface area (Å²) >= 11 is 6.06. The molecule has 5 nitrogen and oxygen atoms in total. The lowest BCUT2D eigenvalue weighted by atomic mass is 10.1. The van der Waals surface area contributed by atoms with Crippen molar-refractivity contribution >= 4 is 23.7 Å². The van der Waals surface area contributed by atoms with E-state index in [1.807, 2.05) is 26.0 Å². The highest BCUT2D eigenvalue weighted by atomic mass is 35.5. The summed E-state index contributed by atoms with van der Waals surface area (Å²) in [7, 11) is 1.57. The van der Waals surface area contributed by atoms with Crippen molar-refractivity contribution in [3.63, 3.8) is 0 Å². The minimum atomic E-state index is -0.367. The Morgan fingerprint density at radius 2 is 2.04 bits per heavy atom. The fourth-order valence-electron chi connectivity index (χ4n) is 2.07. The van der Waals surface area contributed by atoms with E-state index in [0.29, 0.717) is 28.7 Å². The first-order chi connectivity index (χ1) is 11.5. The molecule has 0 saturated heterocycles. The van der Waals surface area contributed by atoms with Gasteiger partial charge in [0, 0.05) is 0 Å². The normalized spacial score (nSPS) is 10.7. The molecule has 0 bridgehead atoms. The number of hydrazone groups is 1. The molecule has 0 aliphatic heterocycles. The third kappa shape index (κ3) is 4.49. The number of nitrogens with one attached hydrogen (secondary N) is 1. The van der Waals surface area contributed by atoms with Gasteiger partial charge >= 0.3 is 0 Å². The van der Waals surface area contributed by atoms with Gasteiger partial charge in [0.2, 0.25) is 0 Å². The lowest BCUT2D eigenvalue weighted by Crippen LogP contribution is -2.18. The molecule has 1 N–H and O–H groups in total. The van der Waals surface area contributed by atoms with Crippen LogP contribution < -0.4 is 14.9 Å². The van der Waals surface area contributed by atoms with Gasteiger partial charge < -0.3 is 9.47 Å². The summed E-state index contributed by atoms with van der Waals surface area (Å²) in [6.45, 7) is 4.36. The molecule has 0 atom stereocenters. The van der Waals surface area contributed by atoms with Gasteiger partial charge in [0.1, 0.15) is 0 Å². The molecule has 0 aliphatic rings. The molecule has 0 radical (unpaired) electrons. The van der Waals surface area contributed by atoms with Crippen LogP contribution in [0.3, 0.4) is 0 Å². The van der Waals surface area contributed by atoms with Gasteiger partial charge in [0.25, 0.3) is 5.91 Å². The molecular weight excluding hydrogens is 328 g/mol. The Hall–Kier alpha value is -2.53. The Labute approximate surface area is 146 Å². The first-order valence-electron chi connectivity index (χ1n) is 7.45. The number of hydrogen-bond donors (Lipinski definition) is 1. The molecule has 0 saturated carbocycles. The fraction of sp³-hybridized carbons (Fsp3) is 0.222. The van der Waals surface area contributed by atoms with Crippen LogP contribution in [0.25, 0.3) is 0 Å². The summed E-state index contributed by atoms with van der Waals surface area (Å²) in [4.78, 5) is 12.1. The predicted molar refractivity (Wildman–Crippen MR) is 95.4 cm³/mol.